The van der Waals surface area contributed by atoms with Crippen LogP contribution in [0.1, 0.15) is 17.3 Å². The van der Waals surface area contributed by atoms with Gasteiger partial charge in [0.1, 0.15) is 11.4 Å². The van der Waals surface area contributed by atoms with Gasteiger partial charge in [-0.3, -0.25) is 4.79 Å². The Bertz CT molecular complexity index is 476. The first-order valence-corrected chi connectivity index (χ1v) is 5.81. The molecular formula is C12H18N4O3. The number of amides is 1. The van der Waals surface area contributed by atoms with Crippen molar-refractivity contribution in [3.05, 3.63) is 17.8 Å². The second kappa shape index (κ2) is 6.58. The summed E-state index contributed by atoms with van der Waals surface area (Å²) >= 11 is 0. The fourth-order valence-electron chi connectivity index (χ4n) is 1.36. The summed E-state index contributed by atoms with van der Waals surface area (Å²) in [5.74, 6) is -0.380. The molecule has 0 aromatic carbocycles. The number of pyridine rings is 1. The van der Waals surface area contributed by atoms with Crippen LogP contribution in [0.3, 0.4) is 0 Å². The van der Waals surface area contributed by atoms with Crippen molar-refractivity contribution < 1.29 is 14.3 Å². The average Bonchev–Trinajstić information content (AvgIpc) is 2.43. The van der Waals surface area contributed by atoms with Crippen LogP contribution in [0.25, 0.3) is 0 Å². The van der Waals surface area contributed by atoms with E-state index in [9.17, 15) is 9.59 Å². The van der Waals surface area contributed by atoms with Gasteiger partial charge >= 0.3 is 5.97 Å². The lowest BCUT2D eigenvalue weighted by Gasteiger charge is -2.16. The molecule has 0 aliphatic rings. The Morgan fingerprint density at radius 3 is 2.79 bits per heavy atom. The van der Waals surface area contributed by atoms with Gasteiger partial charge < -0.3 is 20.7 Å². The first kappa shape index (κ1) is 14.7. The van der Waals surface area contributed by atoms with E-state index in [0.29, 0.717) is 12.2 Å². The Morgan fingerprint density at radius 1 is 1.53 bits per heavy atom. The number of nitrogens with zero attached hydrogens (tertiary/aromatic N) is 2. The van der Waals surface area contributed by atoms with E-state index < -0.39 is 5.97 Å². The molecule has 1 rings (SSSR count). The Morgan fingerprint density at radius 2 is 2.21 bits per heavy atom. The number of ether oxygens (including phenoxy) is 1. The van der Waals surface area contributed by atoms with Crippen molar-refractivity contribution in [2.45, 2.75) is 6.92 Å². The normalized spacial score (nSPS) is 9.84. The molecule has 1 heterocycles. The molecule has 0 fully saturated rings. The van der Waals surface area contributed by atoms with Crippen LogP contribution in [0.15, 0.2) is 12.3 Å². The third kappa shape index (κ3) is 3.84. The van der Waals surface area contributed by atoms with Gasteiger partial charge in [0.15, 0.2) is 0 Å². The lowest BCUT2D eigenvalue weighted by molar-refractivity contribution is -0.127. The molecule has 1 aromatic heterocycles. The number of aromatic nitrogens is 1. The molecule has 1 aromatic rings. The number of nitrogens with two attached hydrogens (primary N) is 1. The maximum absolute atomic E-state index is 11.7. The Kier molecular flexibility index (Phi) is 5.11. The van der Waals surface area contributed by atoms with Gasteiger partial charge in [-0.05, 0) is 13.0 Å². The van der Waals surface area contributed by atoms with E-state index in [2.05, 4.69) is 15.0 Å². The molecule has 0 radical (unpaired) electrons. The van der Waals surface area contributed by atoms with E-state index in [-0.39, 0.29) is 23.8 Å². The number of carbonyl (C=O) groups is 2. The zero-order chi connectivity index (χ0) is 14.4. The molecule has 0 aliphatic heterocycles. The number of nitrogen functional groups attached to an aromatic ring is 1. The van der Waals surface area contributed by atoms with Crippen LogP contribution >= 0.6 is 0 Å². The molecule has 0 saturated heterocycles. The Balaban J connectivity index is 2.83. The minimum atomic E-state index is -0.557. The molecule has 104 valence electrons. The standard InChI is InChI=1S/C12H18N4O3/c1-4-16(2)10(17)7-15-11-9(12(18)19-3)5-8(13)6-14-11/h5-6H,4,7,13H2,1-3H3,(H,14,15). The maximum Gasteiger partial charge on any atom is 0.341 e. The quantitative estimate of drug-likeness (QED) is 0.746. The smallest absolute Gasteiger partial charge is 0.341 e. The van der Waals surface area contributed by atoms with Gasteiger partial charge in [0.2, 0.25) is 5.91 Å². The number of esters is 1. The SMILES string of the molecule is CCN(C)C(=O)CNc1ncc(N)cc1C(=O)OC. The minimum absolute atomic E-state index is 0.0469. The largest absolute Gasteiger partial charge is 0.465 e. The van der Waals surface area contributed by atoms with Crippen molar-refractivity contribution in [1.29, 1.82) is 0 Å². The summed E-state index contributed by atoms with van der Waals surface area (Å²) < 4.78 is 4.64. The highest BCUT2D eigenvalue weighted by atomic mass is 16.5. The number of hydrogen-bond acceptors (Lipinski definition) is 6. The molecular weight excluding hydrogens is 248 g/mol. The summed E-state index contributed by atoms with van der Waals surface area (Å²) in [6, 6.07) is 1.45. The summed E-state index contributed by atoms with van der Waals surface area (Å²) in [4.78, 5) is 28.8. The van der Waals surface area contributed by atoms with E-state index in [1.165, 1.54) is 19.4 Å². The number of methoxy groups -OCH3 is 1. The summed E-state index contributed by atoms with van der Waals surface area (Å²) in [5, 5.41) is 2.81. The van der Waals surface area contributed by atoms with Gasteiger partial charge in [0.25, 0.3) is 0 Å². The number of nitrogens with one attached hydrogen (secondary N) is 1. The number of anilines is 2. The fraction of sp³-hybridized carbons (Fsp3) is 0.417. The van der Waals surface area contributed by atoms with Crippen LogP contribution in [0.2, 0.25) is 0 Å². The highest BCUT2D eigenvalue weighted by Crippen LogP contribution is 2.16. The first-order chi connectivity index (χ1) is 8.99. The van der Waals surface area contributed by atoms with Crippen molar-refractivity contribution in [2.75, 3.05) is 38.3 Å². The number of rotatable bonds is 5. The minimum Gasteiger partial charge on any atom is -0.465 e. The Hall–Kier alpha value is -2.31. The predicted octanol–water partition coefficient (Wildman–Crippen LogP) is 0.341. The van der Waals surface area contributed by atoms with Crippen molar-refractivity contribution in [3.8, 4) is 0 Å². The zero-order valence-corrected chi connectivity index (χ0v) is 11.3. The molecule has 0 atom stereocenters. The van der Waals surface area contributed by atoms with E-state index in [1.54, 1.807) is 11.9 Å². The lowest BCUT2D eigenvalue weighted by atomic mass is 10.2. The van der Waals surface area contributed by atoms with E-state index in [4.69, 9.17) is 5.73 Å². The number of carbonyl (C=O) groups excluding carboxylic acids is 2. The Labute approximate surface area is 111 Å². The van der Waals surface area contributed by atoms with E-state index >= 15 is 0 Å². The van der Waals surface area contributed by atoms with Crippen LogP contribution in [0.5, 0.6) is 0 Å². The van der Waals surface area contributed by atoms with Crippen molar-refractivity contribution in [2.24, 2.45) is 0 Å². The molecule has 1 amide bonds. The van der Waals surface area contributed by atoms with Crippen LogP contribution in [-0.4, -0.2) is 49.0 Å². The van der Waals surface area contributed by atoms with Crippen molar-refractivity contribution in [1.82, 2.24) is 9.88 Å². The molecule has 7 nitrogen and oxygen atoms in total. The third-order valence-electron chi connectivity index (χ3n) is 2.62. The summed E-state index contributed by atoms with van der Waals surface area (Å²) in [5.41, 5.74) is 6.13. The van der Waals surface area contributed by atoms with Crippen molar-refractivity contribution >= 4 is 23.4 Å². The first-order valence-electron chi connectivity index (χ1n) is 5.81. The fourth-order valence-corrected chi connectivity index (χ4v) is 1.36. The summed E-state index contributed by atoms with van der Waals surface area (Å²) in [7, 11) is 2.97. The predicted molar refractivity (Wildman–Crippen MR) is 71.8 cm³/mol. The molecule has 7 heteroatoms. The highest BCUT2D eigenvalue weighted by molar-refractivity contribution is 5.96. The third-order valence-corrected chi connectivity index (χ3v) is 2.62. The van der Waals surface area contributed by atoms with Gasteiger partial charge in [-0.15, -0.1) is 0 Å². The van der Waals surface area contributed by atoms with Gasteiger partial charge in [-0.1, -0.05) is 0 Å². The van der Waals surface area contributed by atoms with Gasteiger partial charge in [-0.25, -0.2) is 9.78 Å². The summed E-state index contributed by atoms with van der Waals surface area (Å²) in [6.07, 6.45) is 1.41. The average molecular weight is 266 g/mol. The highest BCUT2D eigenvalue weighted by Gasteiger charge is 2.15. The molecule has 19 heavy (non-hydrogen) atoms. The maximum atomic E-state index is 11.7. The van der Waals surface area contributed by atoms with E-state index in [1.807, 2.05) is 6.92 Å². The van der Waals surface area contributed by atoms with Crippen LogP contribution < -0.4 is 11.1 Å². The monoisotopic (exact) mass is 266 g/mol. The molecule has 0 saturated carbocycles. The van der Waals surface area contributed by atoms with Gasteiger partial charge in [0, 0.05) is 13.6 Å². The van der Waals surface area contributed by atoms with Crippen LogP contribution in [0, 0.1) is 0 Å². The number of hydrogen-bond donors (Lipinski definition) is 2. The van der Waals surface area contributed by atoms with E-state index in [0.717, 1.165) is 0 Å². The van der Waals surface area contributed by atoms with Crippen LogP contribution in [-0.2, 0) is 9.53 Å². The topological polar surface area (TPSA) is 97.5 Å². The zero-order valence-electron chi connectivity index (χ0n) is 11.3. The lowest BCUT2D eigenvalue weighted by Crippen LogP contribution is -2.32. The van der Waals surface area contributed by atoms with Gasteiger partial charge in [-0.2, -0.15) is 0 Å². The second-order valence-electron chi connectivity index (χ2n) is 3.92. The van der Waals surface area contributed by atoms with Gasteiger partial charge in [0.05, 0.1) is 25.5 Å². The second-order valence-corrected chi connectivity index (χ2v) is 3.92. The van der Waals surface area contributed by atoms with Crippen molar-refractivity contribution in [3.63, 3.8) is 0 Å². The molecule has 0 unspecified atom stereocenters. The number of likely N-dealkylation sites (N-methyl/N-ethyl adjacent to an activating group) is 1. The van der Waals surface area contributed by atoms with Crippen LogP contribution in [0.4, 0.5) is 11.5 Å². The molecule has 3 N–H and O–H groups in total. The summed E-state index contributed by atoms with van der Waals surface area (Å²) in [6.45, 7) is 2.53. The molecule has 0 spiro atoms. The molecule has 0 bridgehead atoms. The molecule has 0 aliphatic carbocycles.